The van der Waals surface area contributed by atoms with Crippen LogP contribution >= 0.6 is 0 Å². The number of fused-ring (bicyclic) bond motifs is 1. The van der Waals surface area contributed by atoms with E-state index in [0.717, 1.165) is 12.8 Å². The molecule has 0 saturated heterocycles. The van der Waals surface area contributed by atoms with Gasteiger partial charge in [-0.05, 0) is 45.8 Å². The van der Waals surface area contributed by atoms with Gasteiger partial charge in [0.2, 0.25) is 5.75 Å². The van der Waals surface area contributed by atoms with E-state index in [1.165, 1.54) is 36.5 Å². The number of hydrogen-bond acceptors (Lipinski definition) is 5. The molecular weight excluding hydrogens is 348 g/mol. The lowest BCUT2D eigenvalue weighted by Gasteiger charge is -2.11. The minimum atomic E-state index is -0.516. The lowest BCUT2D eigenvalue weighted by Crippen LogP contribution is -2.13. The van der Waals surface area contributed by atoms with Crippen molar-refractivity contribution in [3.63, 3.8) is 0 Å². The van der Waals surface area contributed by atoms with E-state index >= 15 is 0 Å². The summed E-state index contributed by atoms with van der Waals surface area (Å²) in [5.74, 6) is 0.325. The Balaban J connectivity index is 2.24. The van der Waals surface area contributed by atoms with E-state index in [1.54, 1.807) is 0 Å². The zero-order valence-electron chi connectivity index (χ0n) is 16.0. The van der Waals surface area contributed by atoms with Gasteiger partial charge in [-0.3, -0.25) is 14.9 Å². The van der Waals surface area contributed by atoms with Gasteiger partial charge in [0.15, 0.2) is 5.75 Å². The van der Waals surface area contributed by atoms with Crippen LogP contribution in [-0.4, -0.2) is 23.6 Å². The number of allylic oxidation sites excluding steroid dienone is 3. The third-order valence-corrected chi connectivity index (χ3v) is 4.07. The molecule has 0 bridgehead atoms. The number of nitro groups is 1. The largest absolute Gasteiger partial charge is 0.492 e. The number of methoxy groups -OCH3 is 1. The molecule has 2 rings (SSSR count). The maximum Gasteiger partial charge on any atom is 0.294 e. The molecule has 1 heterocycles. The first-order valence-corrected chi connectivity index (χ1v) is 8.63. The summed E-state index contributed by atoms with van der Waals surface area (Å²) in [7, 11) is 1.43. The van der Waals surface area contributed by atoms with Crippen LogP contribution in [0.3, 0.4) is 0 Å². The molecule has 0 aliphatic carbocycles. The molecule has 144 valence electrons. The summed E-state index contributed by atoms with van der Waals surface area (Å²) in [6.07, 6.45) is 5.99. The number of nitro benzene ring substituents is 1. The van der Waals surface area contributed by atoms with Gasteiger partial charge in [-0.15, -0.1) is 0 Å². The normalized spacial score (nSPS) is 11.3. The molecule has 0 radical (unpaired) electrons. The summed E-state index contributed by atoms with van der Waals surface area (Å²) in [5.41, 5.74) is 2.18. The Morgan fingerprint density at radius 2 is 1.96 bits per heavy atom. The number of non-ortho nitro benzene ring substituents is 1. The van der Waals surface area contributed by atoms with Crippen LogP contribution < -0.4 is 15.0 Å². The maximum atomic E-state index is 12.4. The van der Waals surface area contributed by atoms with Gasteiger partial charge < -0.3 is 14.5 Å². The Bertz CT molecular complexity index is 953. The second-order valence-corrected chi connectivity index (χ2v) is 6.49. The van der Waals surface area contributed by atoms with Gasteiger partial charge >= 0.3 is 0 Å². The Hall–Kier alpha value is -3.09. The van der Waals surface area contributed by atoms with Crippen molar-refractivity contribution in [1.82, 2.24) is 4.98 Å². The standard InChI is InChI=1S/C20H24N2O5/c1-13(2)6-5-7-14(3)10-11-27-19-18(26-4)16-9-8-15(22(24)25)12-17(16)21-20(19)23/h6,8-10,12H,5,7,11H2,1-4H3,(H,21,23). The summed E-state index contributed by atoms with van der Waals surface area (Å²) in [5, 5.41) is 11.5. The fraction of sp³-hybridized carbons (Fsp3) is 0.350. The van der Waals surface area contributed by atoms with Crippen LogP contribution in [0.25, 0.3) is 10.9 Å². The van der Waals surface area contributed by atoms with Crippen LogP contribution in [0.4, 0.5) is 5.69 Å². The number of H-pyrrole nitrogens is 1. The number of rotatable bonds is 8. The highest BCUT2D eigenvalue weighted by molar-refractivity contribution is 5.88. The van der Waals surface area contributed by atoms with Gasteiger partial charge in [0.25, 0.3) is 11.2 Å². The van der Waals surface area contributed by atoms with Gasteiger partial charge in [-0.1, -0.05) is 17.2 Å². The lowest BCUT2D eigenvalue weighted by atomic mass is 10.1. The molecule has 1 aromatic carbocycles. The number of aromatic nitrogens is 1. The molecule has 0 aliphatic rings. The fourth-order valence-electron chi connectivity index (χ4n) is 2.64. The van der Waals surface area contributed by atoms with Crippen molar-refractivity contribution in [2.45, 2.75) is 33.6 Å². The molecule has 0 amide bonds. The molecule has 7 heteroatoms. The zero-order valence-corrected chi connectivity index (χ0v) is 16.0. The summed E-state index contributed by atoms with van der Waals surface area (Å²) in [6, 6.07) is 4.20. The van der Waals surface area contributed by atoms with Crippen LogP contribution in [-0.2, 0) is 0 Å². The first-order valence-electron chi connectivity index (χ1n) is 8.63. The predicted molar refractivity (Wildman–Crippen MR) is 106 cm³/mol. The van der Waals surface area contributed by atoms with Crippen LogP contribution in [0.15, 0.2) is 46.3 Å². The van der Waals surface area contributed by atoms with Gasteiger partial charge in [0.05, 0.1) is 17.5 Å². The Morgan fingerprint density at radius 1 is 1.22 bits per heavy atom. The molecule has 1 N–H and O–H groups in total. The van der Waals surface area contributed by atoms with E-state index in [2.05, 4.69) is 24.9 Å². The van der Waals surface area contributed by atoms with E-state index in [1.807, 2.05) is 13.0 Å². The Kier molecular flexibility index (Phi) is 6.76. The number of pyridine rings is 1. The first kappa shape index (κ1) is 20.2. The minimum Gasteiger partial charge on any atom is -0.492 e. The van der Waals surface area contributed by atoms with Crippen LogP contribution in [0.5, 0.6) is 11.5 Å². The molecule has 0 aliphatic heterocycles. The van der Waals surface area contributed by atoms with Crippen LogP contribution in [0.1, 0.15) is 33.6 Å². The van der Waals surface area contributed by atoms with Gasteiger partial charge in [-0.2, -0.15) is 0 Å². The van der Waals surface area contributed by atoms with Gasteiger partial charge in [-0.25, -0.2) is 0 Å². The van der Waals surface area contributed by atoms with Crippen molar-refractivity contribution in [3.05, 3.63) is 62.0 Å². The van der Waals surface area contributed by atoms with E-state index in [9.17, 15) is 14.9 Å². The topological polar surface area (TPSA) is 94.5 Å². The maximum absolute atomic E-state index is 12.4. The molecule has 27 heavy (non-hydrogen) atoms. The summed E-state index contributed by atoms with van der Waals surface area (Å²) in [6.45, 7) is 6.38. The second kappa shape index (κ2) is 9.02. The second-order valence-electron chi connectivity index (χ2n) is 6.49. The number of nitrogens with zero attached hydrogens (tertiary/aromatic N) is 1. The monoisotopic (exact) mass is 372 g/mol. The third-order valence-electron chi connectivity index (χ3n) is 4.07. The summed E-state index contributed by atoms with van der Waals surface area (Å²) >= 11 is 0. The molecule has 0 fully saturated rings. The van der Waals surface area contributed by atoms with Crippen molar-refractivity contribution >= 4 is 16.6 Å². The fourth-order valence-corrected chi connectivity index (χ4v) is 2.64. The van der Waals surface area contributed by atoms with E-state index in [-0.39, 0.29) is 23.8 Å². The zero-order chi connectivity index (χ0) is 20.0. The molecule has 0 unspecified atom stereocenters. The Morgan fingerprint density at radius 3 is 2.59 bits per heavy atom. The molecule has 7 nitrogen and oxygen atoms in total. The van der Waals surface area contributed by atoms with E-state index in [4.69, 9.17) is 9.47 Å². The quantitative estimate of drug-likeness (QED) is 0.418. The van der Waals surface area contributed by atoms with Crippen molar-refractivity contribution < 1.29 is 14.4 Å². The molecule has 0 saturated carbocycles. The minimum absolute atomic E-state index is 0.0622. The van der Waals surface area contributed by atoms with Crippen molar-refractivity contribution in [1.29, 1.82) is 0 Å². The van der Waals surface area contributed by atoms with Crippen molar-refractivity contribution in [3.8, 4) is 11.5 Å². The smallest absolute Gasteiger partial charge is 0.294 e. The third kappa shape index (κ3) is 5.20. The molecule has 2 aromatic rings. The highest BCUT2D eigenvalue weighted by Crippen LogP contribution is 2.32. The van der Waals surface area contributed by atoms with E-state index < -0.39 is 10.5 Å². The van der Waals surface area contributed by atoms with E-state index in [0.29, 0.717) is 10.9 Å². The number of hydrogen-bond donors (Lipinski definition) is 1. The molecule has 0 spiro atoms. The highest BCUT2D eigenvalue weighted by Gasteiger charge is 2.17. The predicted octanol–water partition coefficient (Wildman–Crippen LogP) is 4.52. The van der Waals surface area contributed by atoms with Crippen molar-refractivity contribution in [2.24, 2.45) is 0 Å². The summed E-state index contributed by atoms with van der Waals surface area (Å²) in [4.78, 5) is 25.4. The number of nitrogens with one attached hydrogen (secondary N) is 1. The number of aromatic amines is 1. The summed E-state index contributed by atoms with van der Waals surface area (Å²) < 4.78 is 11.0. The van der Waals surface area contributed by atoms with Crippen LogP contribution in [0.2, 0.25) is 0 Å². The van der Waals surface area contributed by atoms with Gasteiger partial charge in [0, 0.05) is 17.5 Å². The highest BCUT2D eigenvalue weighted by atomic mass is 16.6. The van der Waals surface area contributed by atoms with Crippen LogP contribution in [0, 0.1) is 10.1 Å². The van der Waals surface area contributed by atoms with Crippen molar-refractivity contribution in [2.75, 3.05) is 13.7 Å². The first-order chi connectivity index (χ1) is 12.8. The number of benzene rings is 1. The molecular formula is C20H24N2O5. The average molecular weight is 372 g/mol. The SMILES string of the molecule is COc1c(OCC=C(C)CCC=C(C)C)c(=O)[nH]c2cc([N+](=O)[O-])ccc12. The molecule has 0 atom stereocenters. The lowest BCUT2D eigenvalue weighted by molar-refractivity contribution is -0.384. The van der Waals surface area contributed by atoms with Gasteiger partial charge in [0.1, 0.15) is 6.61 Å². The average Bonchev–Trinajstić information content (AvgIpc) is 2.61. The molecule has 1 aromatic heterocycles. The Labute approximate surface area is 157 Å². The number of ether oxygens (including phenoxy) is 2.